The smallest absolute Gasteiger partial charge is 0.244 e. The molecule has 0 aromatic carbocycles. The van der Waals surface area contributed by atoms with Gasteiger partial charge in [0.05, 0.1) is 0 Å². The van der Waals surface area contributed by atoms with Gasteiger partial charge in [0.25, 0.3) is 0 Å². The van der Waals surface area contributed by atoms with Gasteiger partial charge >= 0.3 is 0 Å². The third kappa shape index (κ3) is 3.26. The van der Waals surface area contributed by atoms with Crippen LogP contribution in [-0.4, -0.2) is 44.5 Å². The molecule has 0 radical (unpaired) electrons. The van der Waals surface area contributed by atoms with Crippen molar-refractivity contribution in [3.05, 3.63) is 18.3 Å². The monoisotopic (exact) mass is 299 g/mol. The van der Waals surface area contributed by atoms with Crippen LogP contribution in [0.5, 0.6) is 0 Å². The Hall–Kier alpha value is -1.22. The first kappa shape index (κ1) is 15.2. The van der Waals surface area contributed by atoms with Crippen molar-refractivity contribution in [3.8, 4) is 0 Å². The van der Waals surface area contributed by atoms with Gasteiger partial charge < -0.3 is 10.3 Å². The molecule has 1 saturated heterocycles. The van der Waals surface area contributed by atoms with Crippen LogP contribution in [0, 0.1) is 5.92 Å². The molecule has 0 spiro atoms. The molecule has 1 aromatic heterocycles. The number of nitrogens with zero attached hydrogens (tertiary/aromatic N) is 2. The zero-order chi connectivity index (χ0) is 14.8. The fourth-order valence-corrected chi connectivity index (χ4v) is 4.01. The second-order valence-corrected chi connectivity index (χ2v) is 6.93. The van der Waals surface area contributed by atoms with E-state index in [0.29, 0.717) is 0 Å². The van der Waals surface area contributed by atoms with E-state index in [-0.39, 0.29) is 22.7 Å². The van der Waals surface area contributed by atoms with E-state index in [1.54, 1.807) is 6.07 Å². The number of pyridine rings is 1. The fourth-order valence-electron chi connectivity index (χ4n) is 2.51. The van der Waals surface area contributed by atoms with E-state index in [9.17, 15) is 8.42 Å². The maximum atomic E-state index is 12.4. The summed E-state index contributed by atoms with van der Waals surface area (Å²) >= 11 is 0. The van der Waals surface area contributed by atoms with Gasteiger partial charge in [0.15, 0.2) is 5.82 Å². The first-order valence-electron chi connectivity index (χ1n) is 6.56. The van der Waals surface area contributed by atoms with Gasteiger partial charge in [0.2, 0.25) is 10.0 Å². The molecule has 2 rings (SSSR count). The lowest BCUT2D eigenvalue weighted by Gasteiger charge is -2.35. The Morgan fingerprint density at radius 2 is 2.25 bits per heavy atom. The molecule has 8 heteroatoms. The van der Waals surface area contributed by atoms with Gasteiger partial charge in [-0.3, -0.25) is 0 Å². The Kier molecular flexibility index (Phi) is 4.59. The quantitative estimate of drug-likeness (QED) is 0.534. The highest BCUT2D eigenvalue weighted by molar-refractivity contribution is 7.89. The van der Waals surface area contributed by atoms with Crippen LogP contribution in [0.25, 0.3) is 0 Å². The summed E-state index contributed by atoms with van der Waals surface area (Å²) in [6, 6.07) is 3.00. The first-order valence-corrected chi connectivity index (χ1v) is 8.05. The Labute approximate surface area is 119 Å². The third-order valence-corrected chi connectivity index (χ3v) is 5.13. The molecule has 2 heterocycles. The highest BCUT2D eigenvalue weighted by Gasteiger charge is 2.29. The molecular weight excluding hydrogens is 278 g/mol. The van der Waals surface area contributed by atoms with Crippen molar-refractivity contribution >= 4 is 15.8 Å². The van der Waals surface area contributed by atoms with Gasteiger partial charge in [0.1, 0.15) is 4.90 Å². The predicted octanol–water partition coefficient (Wildman–Crippen LogP) is -0.0143. The van der Waals surface area contributed by atoms with Crippen molar-refractivity contribution in [2.45, 2.75) is 24.3 Å². The average molecular weight is 299 g/mol. The van der Waals surface area contributed by atoms with E-state index in [1.807, 2.05) is 14.0 Å². The Bertz CT molecular complexity index is 563. The molecule has 7 nitrogen and oxygen atoms in total. The van der Waals surface area contributed by atoms with Crippen LogP contribution in [0.1, 0.15) is 13.3 Å². The summed E-state index contributed by atoms with van der Waals surface area (Å²) in [4.78, 5) is 6.20. The first-order chi connectivity index (χ1) is 9.44. The molecule has 1 aliphatic rings. The van der Waals surface area contributed by atoms with Gasteiger partial charge in [-0.15, -0.1) is 0 Å². The van der Waals surface area contributed by atoms with Crippen LogP contribution in [0.4, 0.5) is 5.82 Å². The molecule has 0 amide bonds. The van der Waals surface area contributed by atoms with Gasteiger partial charge in [-0.25, -0.2) is 24.0 Å². The standard InChI is InChI=1S/C12H21N5O2S/c1-9-8-17(2)7-5-10(9)16-20(18,19)11-4-3-6-14-12(11)15-13/h3-4,6,9-10,16H,5,7-8,13H2,1-2H3,(H,14,15). The third-order valence-electron chi connectivity index (χ3n) is 3.61. The van der Waals surface area contributed by atoms with Crippen molar-refractivity contribution in [1.29, 1.82) is 0 Å². The normalized spacial score (nSPS) is 24.6. The van der Waals surface area contributed by atoms with E-state index in [2.05, 4.69) is 20.0 Å². The molecule has 112 valence electrons. The summed E-state index contributed by atoms with van der Waals surface area (Å²) in [6.45, 7) is 3.81. The number of hydrogen-bond acceptors (Lipinski definition) is 6. The summed E-state index contributed by atoms with van der Waals surface area (Å²) in [5.74, 6) is 5.73. The maximum Gasteiger partial charge on any atom is 0.244 e. The van der Waals surface area contributed by atoms with E-state index < -0.39 is 10.0 Å². The van der Waals surface area contributed by atoms with Crippen LogP contribution in [0.15, 0.2) is 23.2 Å². The second-order valence-electron chi connectivity index (χ2n) is 5.25. The summed E-state index contributed by atoms with van der Waals surface area (Å²) in [7, 11) is -1.59. The Balaban J connectivity index is 2.19. The molecule has 4 N–H and O–H groups in total. The van der Waals surface area contributed by atoms with E-state index in [0.717, 1.165) is 19.5 Å². The lowest BCUT2D eigenvalue weighted by molar-refractivity contribution is 0.188. The highest BCUT2D eigenvalue weighted by Crippen LogP contribution is 2.21. The van der Waals surface area contributed by atoms with Crippen molar-refractivity contribution < 1.29 is 8.42 Å². The maximum absolute atomic E-state index is 12.4. The number of aromatic nitrogens is 1. The largest absolute Gasteiger partial charge is 0.307 e. The molecule has 0 aliphatic carbocycles. The highest BCUT2D eigenvalue weighted by atomic mass is 32.2. The molecule has 0 saturated carbocycles. The second kappa shape index (κ2) is 6.04. The molecule has 2 atom stereocenters. The van der Waals surface area contributed by atoms with Crippen LogP contribution in [0.2, 0.25) is 0 Å². The molecule has 0 bridgehead atoms. The SMILES string of the molecule is CC1CN(C)CCC1NS(=O)(=O)c1cccnc1NN. The van der Waals surface area contributed by atoms with Crippen molar-refractivity contribution in [1.82, 2.24) is 14.6 Å². The van der Waals surface area contributed by atoms with Crippen molar-refractivity contribution in [2.75, 3.05) is 25.6 Å². The number of anilines is 1. The minimum Gasteiger partial charge on any atom is -0.307 e. The molecule has 20 heavy (non-hydrogen) atoms. The number of sulfonamides is 1. The fraction of sp³-hybridized carbons (Fsp3) is 0.583. The van der Waals surface area contributed by atoms with Crippen LogP contribution in [-0.2, 0) is 10.0 Å². The van der Waals surface area contributed by atoms with Crippen LogP contribution >= 0.6 is 0 Å². The number of rotatable bonds is 4. The zero-order valence-electron chi connectivity index (χ0n) is 11.7. The summed E-state index contributed by atoms with van der Waals surface area (Å²) in [6.07, 6.45) is 2.29. The predicted molar refractivity (Wildman–Crippen MR) is 77.4 cm³/mol. The topological polar surface area (TPSA) is 100 Å². The molecular formula is C12H21N5O2S. The van der Waals surface area contributed by atoms with E-state index in [1.165, 1.54) is 12.3 Å². The Morgan fingerprint density at radius 1 is 1.50 bits per heavy atom. The van der Waals surface area contributed by atoms with Gasteiger partial charge in [0, 0.05) is 18.8 Å². The Morgan fingerprint density at radius 3 is 2.90 bits per heavy atom. The van der Waals surface area contributed by atoms with Crippen LogP contribution < -0.4 is 16.0 Å². The number of hydrazine groups is 1. The van der Waals surface area contributed by atoms with Crippen molar-refractivity contribution in [3.63, 3.8) is 0 Å². The van der Waals surface area contributed by atoms with Gasteiger partial charge in [-0.2, -0.15) is 0 Å². The summed E-state index contributed by atoms with van der Waals surface area (Å²) < 4.78 is 27.7. The molecule has 1 fully saturated rings. The summed E-state index contributed by atoms with van der Waals surface area (Å²) in [5, 5.41) is 0. The number of hydrogen-bond donors (Lipinski definition) is 3. The number of nitrogens with two attached hydrogens (primary N) is 1. The van der Waals surface area contributed by atoms with Gasteiger partial charge in [-0.05, 0) is 38.1 Å². The zero-order valence-corrected chi connectivity index (χ0v) is 12.5. The lowest BCUT2D eigenvalue weighted by atomic mass is 9.95. The van der Waals surface area contributed by atoms with Gasteiger partial charge in [-0.1, -0.05) is 6.92 Å². The number of likely N-dealkylation sites (tertiary alicyclic amines) is 1. The van der Waals surface area contributed by atoms with Crippen LogP contribution in [0.3, 0.4) is 0 Å². The average Bonchev–Trinajstić information content (AvgIpc) is 2.42. The molecule has 1 aliphatic heterocycles. The molecule has 1 aromatic rings. The van der Waals surface area contributed by atoms with E-state index in [4.69, 9.17) is 5.84 Å². The van der Waals surface area contributed by atoms with Crippen molar-refractivity contribution in [2.24, 2.45) is 11.8 Å². The minimum atomic E-state index is -3.63. The van der Waals surface area contributed by atoms with E-state index >= 15 is 0 Å². The molecule has 2 unspecified atom stereocenters. The lowest BCUT2D eigenvalue weighted by Crippen LogP contribution is -2.48. The number of nitrogens with one attached hydrogen (secondary N) is 2. The summed E-state index contributed by atoms with van der Waals surface area (Å²) in [5.41, 5.74) is 2.32. The minimum absolute atomic E-state index is 0.0676. The number of nitrogen functional groups attached to an aromatic ring is 1. The number of piperidine rings is 1.